The predicted molar refractivity (Wildman–Crippen MR) is 127 cm³/mol. The van der Waals surface area contributed by atoms with E-state index in [0.717, 1.165) is 15.4 Å². The third kappa shape index (κ3) is 5.41. The lowest BCUT2D eigenvalue weighted by Gasteiger charge is -2.22. The normalized spacial score (nSPS) is 11.1. The zero-order valence-corrected chi connectivity index (χ0v) is 19.7. The third-order valence-electron chi connectivity index (χ3n) is 4.97. The minimum atomic E-state index is -3.82. The van der Waals surface area contributed by atoms with Gasteiger partial charge in [-0.3, -0.25) is 9.10 Å². The highest BCUT2D eigenvalue weighted by molar-refractivity contribution is 7.92. The molecule has 0 radical (unpaired) electrons. The highest BCUT2D eigenvalue weighted by atomic mass is 35.5. The van der Waals surface area contributed by atoms with Gasteiger partial charge >= 0.3 is 0 Å². The molecular weight excluding hydrogens is 448 g/mol. The molecule has 1 N–H and O–H groups in total. The summed E-state index contributed by atoms with van der Waals surface area (Å²) in [6.45, 7) is 4.27. The van der Waals surface area contributed by atoms with Gasteiger partial charge in [-0.25, -0.2) is 8.42 Å². The summed E-state index contributed by atoms with van der Waals surface area (Å²) in [5.41, 5.74) is 2.45. The number of nitrogens with one attached hydrogen (secondary N) is 1. The number of carbonyl (C=O) groups excluding carboxylic acids is 1. The van der Waals surface area contributed by atoms with Crippen LogP contribution in [0.25, 0.3) is 0 Å². The van der Waals surface area contributed by atoms with Crippen LogP contribution in [0.2, 0.25) is 5.02 Å². The Morgan fingerprint density at radius 2 is 1.72 bits per heavy atom. The Morgan fingerprint density at radius 1 is 1.03 bits per heavy atom. The van der Waals surface area contributed by atoms with E-state index in [1.54, 1.807) is 54.6 Å². The summed E-state index contributed by atoms with van der Waals surface area (Å²) in [5.74, 6) is 0.219. The van der Waals surface area contributed by atoms with Gasteiger partial charge in [0.15, 0.2) is 0 Å². The summed E-state index contributed by atoms with van der Waals surface area (Å²) in [6.07, 6.45) is 0. The van der Waals surface area contributed by atoms with Crippen molar-refractivity contribution >= 4 is 33.2 Å². The number of anilines is 1. The van der Waals surface area contributed by atoms with E-state index < -0.39 is 15.9 Å². The standard InChI is InChI=1S/C24H25ClN2O4S/c1-17-8-12-20(13-9-17)32(29,30)27(3)23-7-5-4-6-21(23)24(28)26-14-15-31-19-11-10-18(2)22(25)16-19/h4-13,16H,14-15H2,1-3H3,(H,26,28). The number of hydrogen-bond acceptors (Lipinski definition) is 4. The van der Waals surface area contributed by atoms with E-state index >= 15 is 0 Å². The molecule has 3 aromatic rings. The minimum Gasteiger partial charge on any atom is -0.492 e. The number of ether oxygens (including phenoxy) is 1. The SMILES string of the molecule is Cc1ccc(S(=O)(=O)N(C)c2ccccc2C(=O)NCCOc2ccc(C)c(Cl)c2)cc1. The molecule has 0 bridgehead atoms. The first-order chi connectivity index (χ1) is 15.2. The molecule has 168 valence electrons. The molecule has 0 aliphatic heterocycles. The van der Waals surface area contributed by atoms with Gasteiger partial charge < -0.3 is 10.1 Å². The monoisotopic (exact) mass is 472 g/mol. The van der Waals surface area contributed by atoms with Gasteiger partial charge in [-0.05, 0) is 55.8 Å². The molecule has 0 aromatic heterocycles. The van der Waals surface area contributed by atoms with Crippen molar-refractivity contribution in [1.29, 1.82) is 0 Å². The van der Waals surface area contributed by atoms with Gasteiger partial charge in [0, 0.05) is 12.1 Å². The zero-order chi connectivity index (χ0) is 23.3. The molecule has 0 aliphatic carbocycles. The van der Waals surface area contributed by atoms with Crippen LogP contribution in [0, 0.1) is 13.8 Å². The van der Waals surface area contributed by atoms with Crippen LogP contribution >= 0.6 is 11.6 Å². The van der Waals surface area contributed by atoms with Crippen LogP contribution in [0.5, 0.6) is 5.75 Å². The van der Waals surface area contributed by atoms with Gasteiger partial charge in [-0.15, -0.1) is 0 Å². The number of amides is 1. The number of carbonyl (C=O) groups is 1. The van der Waals surface area contributed by atoms with Gasteiger partial charge in [0.05, 0.1) is 22.7 Å². The number of benzene rings is 3. The van der Waals surface area contributed by atoms with Crippen LogP contribution in [0.4, 0.5) is 5.69 Å². The number of sulfonamides is 1. The molecule has 8 heteroatoms. The molecule has 0 heterocycles. The van der Waals surface area contributed by atoms with Crippen molar-refractivity contribution in [2.24, 2.45) is 0 Å². The Labute approximate surface area is 193 Å². The van der Waals surface area contributed by atoms with Crippen LogP contribution in [0.15, 0.2) is 71.6 Å². The second kappa shape index (κ2) is 10.1. The van der Waals surface area contributed by atoms with Crippen molar-refractivity contribution in [2.75, 3.05) is 24.5 Å². The second-order valence-corrected chi connectivity index (χ2v) is 9.69. The molecule has 0 saturated heterocycles. The molecule has 0 saturated carbocycles. The molecule has 6 nitrogen and oxygen atoms in total. The number of aryl methyl sites for hydroxylation is 2. The summed E-state index contributed by atoms with van der Waals surface area (Å²) in [5, 5.41) is 3.38. The highest BCUT2D eigenvalue weighted by Crippen LogP contribution is 2.26. The minimum absolute atomic E-state index is 0.158. The largest absolute Gasteiger partial charge is 0.492 e. The Morgan fingerprint density at radius 3 is 2.41 bits per heavy atom. The van der Waals surface area contributed by atoms with E-state index in [9.17, 15) is 13.2 Å². The molecule has 0 unspecified atom stereocenters. The Balaban J connectivity index is 1.69. The predicted octanol–water partition coefficient (Wildman–Crippen LogP) is 4.59. The quantitative estimate of drug-likeness (QED) is 0.486. The third-order valence-corrected chi connectivity index (χ3v) is 7.16. The van der Waals surface area contributed by atoms with E-state index in [0.29, 0.717) is 10.8 Å². The maximum absolute atomic E-state index is 13.1. The molecule has 32 heavy (non-hydrogen) atoms. The lowest BCUT2D eigenvalue weighted by Crippen LogP contribution is -2.32. The van der Waals surface area contributed by atoms with E-state index in [4.69, 9.17) is 16.3 Å². The smallest absolute Gasteiger partial charge is 0.264 e. The summed E-state index contributed by atoms with van der Waals surface area (Å²) in [6, 6.07) is 18.5. The number of nitrogens with zero attached hydrogens (tertiary/aromatic N) is 1. The van der Waals surface area contributed by atoms with Crippen molar-refractivity contribution in [3.8, 4) is 5.75 Å². The molecule has 0 fully saturated rings. The first-order valence-electron chi connectivity index (χ1n) is 10.0. The summed E-state index contributed by atoms with van der Waals surface area (Å²) < 4.78 is 32.8. The molecule has 1 amide bonds. The lowest BCUT2D eigenvalue weighted by atomic mass is 10.1. The number of halogens is 1. The van der Waals surface area contributed by atoms with Crippen LogP contribution in [0.1, 0.15) is 21.5 Å². The summed E-state index contributed by atoms with van der Waals surface area (Å²) in [4.78, 5) is 12.9. The highest BCUT2D eigenvalue weighted by Gasteiger charge is 2.24. The molecule has 3 rings (SSSR count). The van der Waals surface area contributed by atoms with E-state index in [-0.39, 0.29) is 29.3 Å². The van der Waals surface area contributed by atoms with Crippen molar-refractivity contribution < 1.29 is 17.9 Å². The zero-order valence-electron chi connectivity index (χ0n) is 18.1. The van der Waals surface area contributed by atoms with Gasteiger partial charge in [-0.2, -0.15) is 0 Å². The van der Waals surface area contributed by atoms with Gasteiger partial charge in [0.2, 0.25) is 0 Å². The van der Waals surface area contributed by atoms with Gasteiger partial charge in [0.1, 0.15) is 12.4 Å². The topological polar surface area (TPSA) is 75.7 Å². The molecule has 0 aliphatic rings. The Kier molecular flexibility index (Phi) is 7.43. The maximum Gasteiger partial charge on any atom is 0.264 e. The van der Waals surface area contributed by atoms with Crippen LogP contribution in [0.3, 0.4) is 0 Å². The van der Waals surface area contributed by atoms with Crippen molar-refractivity contribution in [2.45, 2.75) is 18.7 Å². The molecular formula is C24H25ClN2O4S. The lowest BCUT2D eigenvalue weighted by molar-refractivity contribution is 0.0947. The fourth-order valence-electron chi connectivity index (χ4n) is 3.03. The average molecular weight is 473 g/mol. The number of hydrogen-bond donors (Lipinski definition) is 1. The fraction of sp³-hybridized carbons (Fsp3) is 0.208. The van der Waals surface area contributed by atoms with E-state index in [2.05, 4.69) is 5.32 Å². The Hall–Kier alpha value is -3.03. The number of para-hydroxylation sites is 1. The first kappa shape index (κ1) is 23.6. The van der Waals surface area contributed by atoms with Crippen LogP contribution < -0.4 is 14.4 Å². The second-order valence-electron chi connectivity index (χ2n) is 7.32. The van der Waals surface area contributed by atoms with Gasteiger partial charge in [-0.1, -0.05) is 47.5 Å². The molecule has 3 aromatic carbocycles. The van der Waals surface area contributed by atoms with Crippen molar-refractivity contribution in [3.63, 3.8) is 0 Å². The van der Waals surface area contributed by atoms with Crippen LogP contribution in [-0.2, 0) is 10.0 Å². The van der Waals surface area contributed by atoms with Gasteiger partial charge in [0.25, 0.3) is 15.9 Å². The first-order valence-corrected chi connectivity index (χ1v) is 11.8. The Bertz CT molecular complexity index is 1210. The summed E-state index contributed by atoms with van der Waals surface area (Å²) in [7, 11) is -2.38. The summed E-state index contributed by atoms with van der Waals surface area (Å²) >= 11 is 6.09. The van der Waals surface area contributed by atoms with Crippen molar-refractivity contribution in [3.05, 3.63) is 88.4 Å². The number of rotatable bonds is 8. The fourth-order valence-corrected chi connectivity index (χ4v) is 4.42. The van der Waals surface area contributed by atoms with E-state index in [1.807, 2.05) is 26.0 Å². The molecule has 0 atom stereocenters. The molecule has 0 spiro atoms. The maximum atomic E-state index is 13.1. The average Bonchev–Trinajstić information content (AvgIpc) is 2.78. The van der Waals surface area contributed by atoms with E-state index in [1.165, 1.54) is 7.05 Å². The van der Waals surface area contributed by atoms with Crippen molar-refractivity contribution in [1.82, 2.24) is 5.32 Å². The van der Waals surface area contributed by atoms with Crippen LogP contribution in [-0.4, -0.2) is 34.5 Å².